The minimum Gasteiger partial charge on any atom is -0.465 e. The number of aryl methyl sites for hydroxylation is 2. The van der Waals surface area contributed by atoms with Crippen LogP contribution in [0.1, 0.15) is 36.3 Å². The van der Waals surface area contributed by atoms with Crippen molar-refractivity contribution in [2.75, 3.05) is 0 Å². The van der Waals surface area contributed by atoms with Gasteiger partial charge >= 0.3 is 0 Å². The topological polar surface area (TPSA) is 13.1 Å². The molecule has 3 rings (SSSR count). The Hall–Kier alpha value is -1.50. The van der Waals surface area contributed by atoms with Gasteiger partial charge in [0, 0.05) is 17.5 Å². The van der Waals surface area contributed by atoms with Crippen LogP contribution in [0, 0.1) is 6.92 Å². The van der Waals surface area contributed by atoms with Gasteiger partial charge in [-0.2, -0.15) is 0 Å². The predicted molar refractivity (Wildman–Crippen MR) is 70.1 cm³/mol. The first-order valence-corrected chi connectivity index (χ1v) is 6.53. The zero-order valence-corrected chi connectivity index (χ0v) is 10.3. The lowest BCUT2D eigenvalue weighted by Gasteiger charge is -2.03. The summed E-state index contributed by atoms with van der Waals surface area (Å²) in [5.41, 5.74) is 4.12. The lowest BCUT2D eigenvalue weighted by atomic mass is 9.98. The van der Waals surface area contributed by atoms with Gasteiger partial charge in [-0.1, -0.05) is 36.8 Å². The first kappa shape index (κ1) is 10.6. The zero-order valence-electron chi connectivity index (χ0n) is 10.3. The molecule has 1 aliphatic carbocycles. The molecule has 1 aromatic carbocycles. The third-order valence-corrected chi connectivity index (χ3v) is 3.66. The Balaban J connectivity index is 2.13. The second kappa shape index (κ2) is 4.40. The van der Waals surface area contributed by atoms with Gasteiger partial charge in [0.2, 0.25) is 0 Å². The van der Waals surface area contributed by atoms with Crippen molar-refractivity contribution in [3.05, 3.63) is 47.4 Å². The number of fused-ring (bicyclic) bond motifs is 1. The lowest BCUT2D eigenvalue weighted by Crippen LogP contribution is -1.88. The van der Waals surface area contributed by atoms with Crippen molar-refractivity contribution in [1.29, 1.82) is 0 Å². The van der Waals surface area contributed by atoms with Crippen LogP contribution in [0.4, 0.5) is 0 Å². The van der Waals surface area contributed by atoms with Gasteiger partial charge in [0.05, 0.1) is 0 Å². The van der Waals surface area contributed by atoms with Crippen LogP contribution in [0.5, 0.6) is 0 Å². The van der Waals surface area contributed by atoms with Crippen LogP contribution < -0.4 is 0 Å². The number of hydrogen-bond acceptors (Lipinski definition) is 1. The highest BCUT2D eigenvalue weighted by Gasteiger charge is 2.20. The molecular formula is C16H18O. The van der Waals surface area contributed by atoms with Crippen molar-refractivity contribution in [1.82, 2.24) is 0 Å². The minimum atomic E-state index is 1.09. The molecule has 88 valence electrons. The van der Waals surface area contributed by atoms with Crippen LogP contribution in [0.2, 0.25) is 0 Å². The maximum absolute atomic E-state index is 5.97. The van der Waals surface area contributed by atoms with Crippen LogP contribution >= 0.6 is 0 Å². The fourth-order valence-electron chi connectivity index (χ4n) is 2.86. The Morgan fingerprint density at radius 1 is 0.941 bits per heavy atom. The maximum atomic E-state index is 5.97. The summed E-state index contributed by atoms with van der Waals surface area (Å²) in [4.78, 5) is 0. The van der Waals surface area contributed by atoms with E-state index in [1.165, 1.54) is 48.1 Å². The molecule has 0 radical (unpaired) electrons. The summed E-state index contributed by atoms with van der Waals surface area (Å²) in [7, 11) is 0. The number of hydrogen-bond donors (Lipinski definition) is 0. The Kier molecular flexibility index (Phi) is 2.76. The van der Waals surface area contributed by atoms with Gasteiger partial charge in [0.25, 0.3) is 0 Å². The first-order valence-electron chi connectivity index (χ1n) is 6.53. The Labute approximate surface area is 102 Å². The number of furan rings is 1. The molecule has 0 N–H and O–H groups in total. The predicted octanol–water partition coefficient (Wildman–Crippen LogP) is 4.52. The van der Waals surface area contributed by atoms with E-state index in [4.69, 9.17) is 4.42 Å². The van der Waals surface area contributed by atoms with Gasteiger partial charge in [0.1, 0.15) is 11.5 Å². The molecule has 0 fully saturated rings. The lowest BCUT2D eigenvalue weighted by molar-refractivity contribution is 0.477. The van der Waals surface area contributed by atoms with Crippen LogP contribution in [-0.2, 0) is 12.8 Å². The molecule has 17 heavy (non-hydrogen) atoms. The fourth-order valence-corrected chi connectivity index (χ4v) is 2.86. The standard InChI is InChI=1S/C16H18O/c1-12-16(13-8-4-2-5-9-13)14-10-6-3-7-11-15(14)17-12/h2,4-5,8-9H,3,6-7,10-11H2,1H3. The fraction of sp³-hybridized carbons (Fsp3) is 0.375. The molecule has 2 aromatic rings. The van der Waals surface area contributed by atoms with E-state index in [0.717, 1.165) is 12.2 Å². The van der Waals surface area contributed by atoms with E-state index in [1.807, 2.05) is 0 Å². The van der Waals surface area contributed by atoms with E-state index >= 15 is 0 Å². The number of rotatable bonds is 1. The third kappa shape index (κ3) is 1.90. The van der Waals surface area contributed by atoms with Crippen LogP contribution in [0.3, 0.4) is 0 Å². The van der Waals surface area contributed by atoms with E-state index in [0.29, 0.717) is 0 Å². The van der Waals surface area contributed by atoms with Crippen molar-refractivity contribution in [2.24, 2.45) is 0 Å². The molecule has 0 saturated carbocycles. The molecule has 0 spiro atoms. The van der Waals surface area contributed by atoms with Gasteiger partial charge in [-0.3, -0.25) is 0 Å². The quantitative estimate of drug-likeness (QED) is 0.651. The van der Waals surface area contributed by atoms with Crippen LogP contribution in [-0.4, -0.2) is 0 Å². The molecule has 1 aliphatic rings. The summed E-state index contributed by atoms with van der Waals surface area (Å²) in [6.45, 7) is 2.09. The Bertz CT molecular complexity index is 508. The smallest absolute Gasteiger partial charge is 0.109 e. The molecule has 0 bridgehead atoms. The van der Waals surface area contributed by atoms with Crippen molar-refractivity contribution in [2.45, 2.75) is 39.0 Å². The number of benzene rings is 1. The van der Waals surface area contributed by atoms with Gasteiger partial charge in [-0.05, 0) is 31.7 Å². The zero-order chi connectivity index (χ0) is 11.7. The summed E-state index contributed by atoms with van der Waals surface area (Å²) < 4.78 is 5.97. The van der Waals surface area contributed by atoms with E-state index < -0.39 is 0 Å². The van der Waals surface area contributed by atoms with Gasteiger partial charge < -0.3 is 4.42 Å². The van der Waals surface area contributed by atoms with Gasteiger partial charge in [-0.15, -0.1) is 0 Å². The molecule has 1 nitrogen and oxygen atoms in total. The molecule has 0 aliphatic heterocycles. The summed E-state index contributed by atoms with van der Waals surface area (Å²) in [6.07, 6.45) is 6.19. The van der Waals surface area contributed by atoms with E-state index in [2.05, 4.69) is 37.3 Å². The normalized spacial score (nSPS) is 15.4. The van der Waals surface area contributed by atoms with Crippen LogP contribution in [0.25, 0.3) is 11.1 Å². The second-order valence-corrected chi connectivity index (χ2v) is 4.86. The van der Waals surface area contributed by atoms with Gasteiger partial charge in [0.15, 0.2) is 0 Å². The van der Waals surface area contributed by atoms with E-state index in [9.17, 15) is 0 Å². The second-order valence-electron chi connectivity index (χ2n) is 4.86. The summed E-state index contributed by atoms with van der Waals surface area (Å²) in [6, 6.07) is 10.6. The average Bonchev–Trinajstić information content (AvgIpc) is 2.52. The molecule has 0 amide bonds. The van der Waals surface area contributed by atoms with Crippen molar-refractivity contribution < 1.29 is 4.42 Å². The van der Waals surface area contributed by atoms with Crippen molar-refractivity contribution in [3.8, 4) is 11.1 Å². The summed E-state index contributed by atoms with van der Waals surface area (Å²) in [5.74, 6) is 2.32. The SMILES string of the molecule is Cc1oc2c(c1-c1ccccc1)CCCCC2. The van der Waals surface area contributed by atoms with Crippen molar-refractivity contribution in [3.63, 3.8) is 0 Å². The molecule has 0 unspecified atom stereocenters. The Morgan fingerprint density at radius 3 is 2.53 bits per heavy atom. The first-order chi connectivity index (χ1) is 8.36. The summed E-state index contributed by atoms with van der Waals surface area (Å²) in [5, 5.41) is 0. The molecule has 0 saturated heterocycles. The maximum Gasteiger partial charge on any atom is 0.109 e. The summed E-state index contributed by atoms with van der Waals surface area (Å²) >= 11 is 0. The average molecular weight is 226 g/mol. The monoisotopic (exact) mass is 226 g/mol. The molecule has 1 heteroatoms. The highest BCUT2D eigenvalue weighted by Crippen LogP contribution is 2.35. The molecule has 1 aromatic heterocycles. The molecule has 1 heterocycles. The van der Waals surface area contributed by atoms with Gasteiger partial charge in [-0.25, -0.2) is 0 Å². The van der Waals surface area contributed by atoms with Crippen molar-refractivity contribution >= 4 is 0 Å². The molecule has 0 atom stereocenters. The minimum absolute atomic E-state index is 1.09. The molecular weight excluding hydrogens is 208 g/mol. The highest BCUT2D eigenvalue weighted by atomic mass is 16.3. The third-order valence-electron chi connectivity index (χ3n) is 3.66. The highest BCUT2D eigenvalue weighted by molar-refractivity contribution is 5.70. The van der Waals surface area contributed by atoms with E-state index in [1.54, 1.807) is 0 Å². The largest absolute Gasteiger partial charge is 0.465 e. The Morgan fingerprint density at radius 2 is 1.71 bits per heavy atom. The van der Waals surface area contributed by atoms with E-state index in [-0.39, 0.29) is 0 Å². The van der Waals surface area contributed by atoms with Crippen LogP contribution in [0.15, 0.2) is 34.7 Å².